The number of hydrogen-bond acceptors (Lipinski definition) is 7. The largest absolute Gasteiger partial charge is 0.479 e. The number of imidazole rings is 1. The van der Waals surface area contributed by atoms with Gasteiger partial charge in [-0.15, -0.1) is 11.6 Å². The number of carbonyl (C=O) groups excluding carboxylic acids is 1. The summed E-state index contributed by atoms with van der Waals surface area (Å²) in [4.78, 5) is 34.2. The lowest BCUT2D eigenvalue weighted by Gasteiger charge is -2.23. The molecular weight excluding hydrogens is 529 g/mol. The van der Waals surface area contributed by atoms with Crippen LogP contribution in [0.4, 0.5) is 10.2 Å². The molecule has 12 heteroatoms. The number of pyridine rings is 1. The monoisotopic (exact) mass is 557 g/mol. The molecule has 4 rings (SSSR count). The summed E-state index contributed by atoms with van der Waals surface area (Å²) in [5.41, 5.74) is 8.66. The Morgan fingerprint density at radius 3 is 2.72 bits per heavy atom. The van der Waals surface area contributed by atoms with Gasteiger partial charge in [-0.25, -0.2) is 19.2 Å². The van der Waals surface area contributed by atoms with Gasteiger partial charge in [-0.2, -0.15) is 0 Å². The van der Waals surface area contributed by atoms with E-state index in [4.69, 9.17) is 36.9 Å². The van der Waals surface area contributed by atoms with Crippen molar-refractivity contribution in [2.75, 3.05) is 38.5 Å². The van der Waals surface area contributed by atoms with Crippen LogP contribution in [0.5, 0.6) is 5.75 Å². The quantitative estimate of drug-likeness (QED) is 0.238. The molecule has 10 nitrogen and oxygen atoms in total. The lowest BCUT2D eigenvalue weighted by atomic mass is 10.1. The van der Waals surface area contributed by atoms with E-state index in [1.165, 1.54) is 17.0 Å². The van der Waals surface area contributed by atoms with Crippen molar-refractivity contribution in [3.63, 3.8) is 0 Å². The highest BCUT2D eigenvalue weighted by Crippen LogP contribution is 2.29. The first-order valence-electron chi connectivity index (χ1n) is 12.3. The first-order valence-corrected chi connectivity index (χ1v) is 12.9. The third-order valence-corrected chi connectivity index (χ3v) is 6.48. The summed E-state index contributed by atoms with van der Waals surface area (Å²) in [6.07, 6.45) is 1.07. The molecule has 39 heavy (non-hydrogen) atoms. The minimum atomic E-state index is -1.22. The second-order valence-corrected chi connectivity index (χ2v) is 9.12. The molecule has 1 amide bonds. The van der Waals surface area contributed by atoms with Gasteiger partial charge in [0.2, 0.25) is 5.91 Å². The van der Waals surface area contributed by atoms with E-state index in [9.17, 15) is 14.0 Å². The molecule has 4 aromatic rings. The Hall–Kier alpha value is -3.96. The van der Waals surface area contributed by atoms with Crippen molar-refractivity contribution in [1.29, 1.82) is 0 Å². The van der Waals surface area contributed by atoms with Crippen molar-refractivity contribution < 1.29 is 28.6 Å². The number of rotatable bonds is 13. The summed E-state index contributed by atoms with van der Waals surface area (Å²) in [7, 11) is 1.62. The molecule has 0 aliphatic rings. The van der Waals surface area contributed by atoms with Gasteiger partial charge >= 0.3 is 5.97 Å². The number of benzene rings is 2. The number of carboxylic acids is 1. The third kappa shape index (κ3) is 6.37. The number of carboxylic acid groups (broad SMARTS) is 1. The van der Waals surface area contributed by atoms with Gasteiger partial charge in [0.1, 0.15) is 17.2 Å². The normalized spacial score (nSPS) is 11.3. The van der Waals surface area contributed by atoms with E-state index >= 15 is 0 Å². The Kier molecular flexibility index (Phi) is 9.15. The number of methoxy groups -OCH3 is 1. The SMILES string of the molecule is COCCc1nc2c(N)nc3ccccc3c2n1CCCN(Cc1cccc(OCC(=O)O)c1F)C(=O)CCl. The molecule has 0 saturated heterocycles. The third-order valence-electron chi connectivity index (χ3n) is 6.25. The van der Waals surface area contributed by atoms with E-state index in [1.807, 2.05) is 24.3 Å². The van der Waals surface area contributed by atoms with Crippen LogP contribution in [-0.4, -0.2) is 69.2 Å². The number of carbonyl (C=O) groups is 2. The smallest absolute Gasteiger partial charge is 0.341 e. The number of fused-ring (bicyclic) bond motifs is 3. The summed E-state index contributed by atoms with van der Waals surface area (Å²) in [6.45, 7) is 0.518. The Labute approximate surface area is 229 Å². The molecular formula is C27H29ClFN5O5. The highest BCUT2D eigenvalue weighted by atomic mass is 35.5. The second kappa shape index (κ2) is 12.7. The van der Waals surface area contributed by atoms with Crippen molar-refractivity contribution in [3.05, 3.63) is 59.7 Å². The molecule has 0 spiro atoms. The lowest BCUT2D eigenvalue weighted by molar-refractivity contribution is -0.139. The average molecular weight is 558 g/mol. The fourth-order valence-electron chi connectivity index (χ4n) is 4.46. The highest BCUT2D eigenvalue weighted by Gasteiger charge is 2.20. The van der Waals surface area contributed by atoms with Gasteiger partial charge in [-0.05, 0) is 18.6 Å². The Bertz CT molecular complexity index is 1490. The molecule has 0 atom stereocenters. The number of aliphatic carboxylic acids is 1. The molecule has 3 N–H and O–H groups in total. The molecule has 2 heterocycles. The van der Waals surface area contributed by atoms with E-state index in [0.717, 1.165) is 22.2 Å². The minimum Gasteiger partial charge on any atom is -0.479 e. The van der Waals surface area contributed by atoms with Crippen LogP contribution in [0.2, 0.25) is 0 Å². The van der Waals surface area contributed by atoms with Crippen molar-refractivity contribution in [2.24, 2.45) is 0 Å². The Morgan fingerprint density at radius 1 is 1.18 bits per heavy atom. The number of anilines is 1. The molecule has 206 valence electrons. The number of alkyl halides is 1. The molecule has 0 saturated carbocycles. The number of halogens is 2. The van der Waals surface area contributed by atoms with Gasteiger partial charge < -0.3 is 29.8 Å². The summed E-state index contributed by atoms with van der Waals surface area (Å²) in [6, 6.07) is 12.1. The van der Waals surface area contributed by atoms with Gasteiger partial charge in [0, 0.05) is 44.1 Å². The van der Waals surface area contributed by atoms with Gasteiger partial charge in [0.25, 0.3) is 0 Å². The maximum atomic E-state index is 15.0. The van der Waals surface area contributed by atoms with E-state index in [1.54, 1.807) is 13.2 Å². The fourth-order valence-corrected chi connectivity index (χ4v) is 4.63. The zero-order chi connectivity index (χ0) is 27.9. The average Bonchev–Trinajstić information content (AvgIpc) is 3.30. The molecule has 2 aromatic carbocycles. The molecule has 0 aliphatic carbocycles. The molecule has 0 aliphatic heterocycles. The molecule has 0 radical (unpaired) electrons. The predicted octanol–water partition coefficient (Wildman–Crippen LogP) is 3.62. The zero-order valence-corrected chi connectivity index (χ0v) is 22.2. The molecule has 0 fully saturated rings. The number of ether oxygens (including phenoxy) is 2. The lowest BCUT2D eigenvalue weighted by Crippen LogP contribution is -2.33. The van der Waals surface area contributed by atoms with Gasteiger partial charge in [0.05, 0.1) is 17.6 Å². The van der Waals surface area contributed by atoms with Crippen LogP contribution in [-0.2, 0) is 33.8 Å². The maximum absolute atomic E-state index is 15.0. The van der Waals surface area contributed by atoms with E-state index in [0.29, 0.717) is 37.3 Å². The van der Waals surface area contributed by atoms with Crippen LogP contribution < -0.4 is 10.5 Å². The number of nitrogen functional groups attached to an aromatic ring is 1. The van der Waals surface area contributed by atoms with Crippen LogP contribution in [0, 0.1) is 5.82 Å². The van der Waals surface area contributed by atoms with Gasteiger partial charge in [-0.1, -0.05) is 30.3 Å². The van der Waals surface area contributed by atoms with E-state index in [-0.39, 0.29) is 36.2 Å². The van der Waals surface area contributed by atoms with Crippen molar-refractivity contribution in [3.8, 4) is 5.75 Å². The second-order valence-electron chi connectivity index (χ2n) is 8.85. The number of nitrogens with zero attached hydrogens (tertiary/aromatic N) is 4. The number of nitrogens with two attached hydrogens (primary N) is 1. The number of para-hydroxylation sites is 1. The first-order chi connectivity index (χ1) is 18.8. The summed E-state index contributed by atoms with van der Waals surface area (Å²) >= 11 is 5.87. The zero-order valence-electron chi connectivity index (χ0n) is 21.4. The highest BCUT2D eigenvalue weighted by molar-refractivity contribution is 6.27. The Morgan fingerprint density at radius 2 is 1.97 bits per heavy atom. The van der Waals surface area contributed by atoms with Crippen LogP contribution in [0.25, 0.3) is 21.9 Å². The first kappa shape index (κ1) is 28.1. The van der Waals surface area contributed by atoms with E-state index in [2.05, 4.69) is 9.55 Å². The summed E-state index contributed by atoms with van der Waals surface area (Å²) < 4.78 is 27.4. The number of aromatic nitrogens is 3. The van der Waals surface area contributed by atoms with Gasteiger partial charge in [0.15, 0.2) is 24.0 Å². The fraction of sp³-hybridized carbons (Fsp3) is 0.333. The minimum absolute atomic E-state index is 0.0529. The summed E-state index contributed by atoms with van der Waals surface area (Å²) in [5.74, 6) is -1.65. The predicted molar refractivity (Wildman–Crippen MR) is 145 cm³/mol. The number of hydrogen-bond donors (Lipinski definition) is 2. The maximum Gasteiger partial charge on any atom is 0.341 e. The number of amides is 1. The summed E-state index contributed by atoms with van der Waals surface area (Å²) in [5, 5.41) is 9.74. The van der Waals surface area contributed by atoms with Crippen molar-refractivity contribution in [2.45, 2.75) is 25.9 Å². The molecule has 0 bridgehead atoms. The number of aryl methyl sites for hydroxylation is 1. The standard InChI is InChI=1S/C27H29ClFN5O5/c1-38-13-10-21-32-25-26(18-7-2-3-8-19(18)31-27(25)30)34(21)12-5-11-33(22(35)14-28)15-17-6-4-9-20(24(17)29)39-16-23(36)37/h2-4,6-9H,5,10-16H2,1H3,(H2,30,31)(H,36,37). The molecule has 2 aromatic heterocycles. The molecule has 0 unspecified atom stereocenters. The van der Waals surface area contributed by atoms with Gasteiger partial charge in [-0.3, -0.25) is 4.79 Å². The van der Waals surface area contributed by atoms with Crippen molar-refractivity contribution >= 4 is 51.2 Å². The van der Waals surface area contributed by atoms with Crippen LogP contribution in [0.3, 0.4) is 0 Å². The van der Waals surface area contributed by atoms with Crippen LogP contribution >= 0.6 is 11.6 Å². The Balaban J connectivity index is 1.59. The van der Waals surface area contributed by atoms with Crippen LogP contribution in [0.15, 0.2) is 42.5 Å². The topological polar surface area (TPSA) is 133 Å². The van der Waals surface area contributed by atoms with Crippen molar-refractivity contribution in [1.82, 2.24) is 19.4 Å². The van der Waals surface area contributed by atoms with E-state index < -0.39 is 18.4 Å². The van der Waals surface area contributed by atoms with Crippen LogP contribution in [0.1, 0.15) is 17.8 Å².